The summed E-state index contributed by atoms with van der Waals surface area (Å²) in [6.45, 7) is 2.15. The van der Waals surface area contributed by atoms with Crippen LogP contribution in [0.5, 0.6) is 0 Å². The normalized spacial score (nSPS) is 12.6. The third kappa shape index (κ3) is 2.70. The first-order valence-electron chi connectivity index (χ1n) is 5.68. The molecule has 0 radical (unpaired) electrons. The van der Waals surface area contributed by atoms with Crippen LogP contribution in [-0.4, -0.2) is 15.3 Å². The Morgan fingerprint density at radius 1 is 1.35 bits per heavy atom. The number of aryl methyl sites for hydroxylation is 1. The van der Waals surface area contributed by atoms with Crippen molar-refractivity contribution in [2.75, 3.05) is 5.75 Å². The van der Waals surface area contributed by atoms with E-state index in [2.05, 4.69) is 36.2 Å². The maximum absolute atomic E-state index is 6.20. The summed E-state index contributed by atoms with van der Waals surface area (Å²) in [5.41, 5.74) is 7.29. The summed E-state index contributed by atoms with van der Waals surface area (Å²) < 4.78 is 1.96. The first-order valence-corrected chi connectivity index (χ1v) is 6.66. The standard InChI is InChI=1S/C13H17N3S/c1-3-17-11-6-4-10(5-7-11)12(14)13-15-8-9-16(13)2/h4-9,12H,3,14H2,1-2H3. The molecule has 2 N–H and O–H groups in total. The van der Waals surface area contributed by atoms with Gasteiger partial charge in [0.25, 0.3) is 0 Å². The number of imidazole rings is 1. The van der Waals surface area contributed by atoms with Crippen molar-refractivity contribution < 1.29 is 0 Å². The molecule has 3 nitrogen and oxygen atoms in total. The molecule has 1 aromatic heterocycles. The minimum atomic E-state index is -0.157. The second-order valence-corrected chi connectivity index (χ2v) is 5.21. The van der Waals surface area contributed by atoms with Crippen LogP contribution in [0, 0.1) is 0 Å². The number of nitrogens with two attached hydrogens (primary N) is 1. The number of nitrogens with zero attached hydrogens (tertiary/aromatic N) is 2. The van der Waals surface area contributed by atoms with Crippen LogP contribution >= 0.6 is 11.8 Å². The Kier molecular flexibility index (Phi) is 3.86. The van der Waals surface area contributed by atoms with Gasteiger partial charge in [-0.3, -0.25) is 0 Å². The van der Waals surface area contributed by atoms with Crippen molar-refractivity contribution in [3.8, 4) is 0 Å². The Hall–Kier alpha value is -1.26. The zero-order valence-corrected chi connectivity index (χ0v) is 10.9. The maximum atomic E-state index is 6.20. The Balaban J connectivity index is 2.20. The number of aromatic nitrogens is 2. The van der Waals surface area contributed by atoms with E-state index >= 15 is 0 Å². The van der Waals surface area contributed by atoms with Gasteiger partial charge in [-0.2, -0.15) is 0 Å². The molecule has 4 heteroatoms. The van der Waals surface area contributed by atoms with Gasteiger partial charge in [0, 0.05) is 24.3 Å². The fourth-order valence-electron chi connectivity index (χ4n) is 1.76. The van der Waals surface area contributed by atoms with Gasteiger partial charge < -0.3 is 10.3 Å². The molecule has 17 heavy (non-hydrogen) atoms. The molecule has 0 saturated heterocycles. The average molecular weight is 247 g/mol. The van der Waals surface area contributed by atoms with Crippen molar-refractivity contribution >= 4 is 11.8 Å². The molecular formula is C13H17N3S. The van der Waals surface area contributed by atoms with Crippen LogP contribution < -0.4 is 5.73 Å². The molecule has 1 atom stereocenters. The summed E-state index contributed by atoms with van der Waals surface area (Å²) in [5, 5.41) is 0. The number of benzene rings is 1. The molecule has 1 aromatic carbocycles. The lowest BCUT2D eigenvalue weighted by Gasteiger charge is -2.12. The fourth-order valence-corrected chi connectivity index (χ4v) is 2.43. The van der Waals surface area contributed by atoms with Crippen LogP contribution in [0.2, 0.25) is 0 Å². The smallest absolute Gasteiger partial charge is 0.129 e. The lowest BCUT2D eigenvalue weighted by molar-refractivity contribution is 0.716. The topological polar surface area (TPSA) is 43.8 Å². The van der Waals surface area contributed by atoms with Gasteiger partial charge in [0.15, 0.2) is 0 Å². The molecule has 0 amide bonds. The first kappa shape index (κ1) is 12.2. The summed E-state index contributed by atoms with van der Waals surface area (Å²) in [6, 6.07) is 8.24. The molecule has 2 aromatic rings. The molecule has 0 aliphatic rings. The molecule has 90 valence electrons. The Morgan fingerprint density at radius 2 is 2.06 bits per heavy atom. The second kappa shape index (κ2) is 5.38. The van der Waals surface area contributed by atoms with E-state index in [9.17, 15) is 0 Å². The highest BCUT2D eigenvalue weighted by Crippen LogP contribution is 2.22. The summed E-state index contributed by atoms with van der Waals surface area (Å²) in [6.07, 6.45) is 3.69. The van der Waals surface area contributed by atoms with Gasteiger partial charge in [-0.1, -0.05) is 19.1 Å². The van der Waals surface area contributed by atoms with E-state index in [1.165, 1.54) is 4.90 Å². The zero-order valence-electron chi connectivity index (χ0n) is 10.1. The second-order valence-electron chi connectivity index (χ2n) is 3.88. The van der Waals surface area contributed by atoms with Crippen molar-refractivity contribution in [3.63, 3.8) is 0 Å². The zero-order chi connectivity index (χ0) is 12.3. The number of hydrogen-bond donors (Lipinski definition) is 1. The van der Waals surface area contributed by atoms with Crippen molar-refractivity contribution in [2.45, 2.75) is 17.9 Å². The SMILES string of the molecule is CCSc1ccc(C(N)c2nccn2C)cc1. The van der Waals surface area contributed by atoms with Gasteiger partial charge in [0.1, 0.15) is 5.82 Å². The molecule has 0 bridgehead atoms. The predicted molar refractivity (Wildman–Crippen MR) is 72.1 cm³/mol. The van der Waals surface area contributed by atoms with Crippen molar-refractivity contribution in [1.29, 1.82) is 0 Å². The third-order valence-corrected chi connectivity index (χ3v) is 3.58. The average Bonchev–Trinajstić information content (AvgIpc) is 2.76. The molecule has 1 unspecified atom stereocenters. The van der Waals surface area contributed by atoms with E-state index in [1.807, 2.05) is 29.6 Å². The molecule has 0 aliphatic carbocycles. The quantitative estimate of drug-likeness (QED) is 0.845. The lowest BCUT2D eigenvalue weighted by atomic mass is 10.1. The summed E-state index contributed by atoms with van der Waals surface area (Å²) in [4.78, 5) is 5.56. The van der Waals surface area contributed by atoms with Gasteiger partial charge in [0.05, 0.1) is 6.04 Å². The molecule has 2 rings (SSSR count). The van der Waals surface area contributed by atoms with E-state index in [1.54, 1.807) is 6.20 Å². The van der Waals surface area contributed by atoms with E-state index in [0.29, 0.717) is 0 Å². The van der Waals surface area contributed by atoms with E-state index in [0.717, 1.165) is 17.1 Å². The Bertz CT molecular complexity index is 476. The number of hydrogen-bond acceptors (Lipinski definition) is 3. The highest BCUT2D eigenvalue weighted by molar-refractivity contribution is 7.99. The van der Waals surface area contributed by atoms with Crippen LogP contribution in [0.15, 0.2) is 41.6 Å². The molecule has 0 spiro atoms. The Morgan fingerprint density at radius 3 is 2.59 bits per heavy atom. The van der Waals surface area contributed by atoms with Crippen molar-refractivity contribution in [2.24, 2.45) is 12.8 Å². The molecule has 0 fully saturated rings. The number of thioether (sulfide) groups is 1. The maximum Gasteiger partial charge on any atom is 0.129 e. The van der Waals surface area contributed by atoms with Gasteiger partial charge >= 0.3 is 0 Å². The molecule has 0 aliphatic heterocycles. The largest absolute Gasteiger partial charge is 0.336 e. The van der Waals surface area contributed by atoms with Gasteiger partial charge in [-0.25, -0.2) is 4.98 Å². The van der Waals surface area contributed by atoms with Crippen LogP contribution in [0.3, 0.4) is 0 Å². The minimum absolute atomic E-state index is 0.157. The van der Waals surface area contributed by atoms with Crippen molar-refractivity contribution in [1.82, 2.24) is 9.55 Å². The van der Waals surface area contributed by atoms with E-state index in [-0.39, 0.29) is 6.04 Å². The van der Waals surface area contributed by atoms with Crippen LogP contribution in [0.25, 0.3) is 0 Å². The number of rotatable bonds is 4. The minimum Gasteiger partial charge on any atom is -0.336 e. The fraction of sp³-hybridized carbons (Fsp3) is 0.308. The highest BCUT2D eigenvalue weighted by atomic mass is 32.2. The first-order chi connectivity index (χ1) is 8.22. The Labute approximate surface area is 106 Å². The van der Waals surface area contributed by atoms with Crippen LogP contribution in [0.4, 0.5) is 0 Å². The van der Waals surface area contributed by atoms with Crippen molar-refractivity contribution in [3.05, 3.63) is 48.0 Å². The summed E-state index contributed by atoms with van der Waals surface area (Å²) >= 11 is 1.83. The monoisotopic (exact) mass is 247 g/mol. The molecular weight excluding hydrogens is 230 g/mol. The van der Waals surface area contributed by atoms with Gasteiger partial charge in [0.2, 0.25) is 0 Å². The van der Waals surface area contributed by atoms with Gasteiger partial charge in [-0.05, 0) is 23.4 Å². The molecule has 0 saturated carbocycles. The lowest BCUT2D eigenvalue weighted by Crippen LogP contribution is -2.16. The summed E-state index contributed by atoms with van der Waals surface area (Å²) in [7, 11) is 1.96. The van der Waals surface area contributed by atoms with Crippen LogP contribution in [-0.2, 0) is 7.05 Å². The molecule has 1 heterocycles. The van der Waals surface area contributed by atoms with Crippen LogP contribution in [0.1, 0.15) is 24.4 Å². The van der Waals surface area contributed by atoms with Gasteiger partial charge in [-0.15, -0.1) is 11.8 Å². The van der Waals surface area contributed by atoms with E-state index in [4.69, 9.17) is 5.73 Å². The highest BCUT2D eigenvalue weighted by Gasteiger charge is 2.12. The predicted octanol–water partition coefficient (Wildman–Crippen LogP) is 2.58. The van der Waals surface area contributed by atoms with E-state index < -0.39 is 0 Å². The summed E-state index contributed by atoms with van der Waals surface area (Å²) in [5.74, 6) is 1.98. The third-order valence-electron chi connectivity index (χ3n) is 2.69.